The molecule has 2 atom stereocenters. The lowest BCUT2D eigenvalue weighted by atomic mass is 9.88. The number of phenolic OH excluding ortho intramolecular Hbond substituents is 1. The van der Waals surface area contributed by atoms with Crippen LogP contribution in [0.25, 0.3) is 0 Å². The zero-order valence-corrected chi connectivity index (χ0v) is 11.3. The fraction of sp³-hybridized carbons (Fsp3) is 0.462. The number of thiocarbonyl (C=S) groups is 1. The lowest BCUT2D eigenvalue weighted by Gasteiger charge is -2.21. The summed E-state index contributed by atoms with van der Waals surface area (Å²) in [6, 6.07) is 5.49. The van der Waals surface area contributed by atoms with E-state index in [2.05, 4.69) is 0 Å². The summed E-state index contributed by atoms with van der Waals surface area (Å²) in [5.41, 5.74) is 6.46. The predicted octanol–water partition coefficient (Wildman–Crippen LogP) is 2.82. The molecule has 3 nitrogen and oxygen atoms in total. The fourth-order valence-electron chi connectivity index (χ4n) is 1.69. The van der Waals surface area contributed by atoms with E-state index in [9.17, 15) is 5.11 Å². The molecule has 1 aromatic carbocycles. The second-order valence-corrected chi connectivity index (χ2v) is 4.58. The van der Waals surface area contributed by atoms with Crippen LogP contribution in [0.3, 0.4) is 0 Å². The Kier molecular flexibility index (Phi) is 4.75. The molecule has 0 fully saturated rings. The first-order valence-electron chi connectivity index (χ1n) is 5.73. The maximum atomic E-state index is 10.1. The van der Waals surface area contributed by atoms with Gasteiger partial charge in [0.15, 0.2) is 11.5 Å². The Labute approximate surface area is 108 Å². The van der Waals surface area contributed by atoms with Gasteiger partial charge in [0.05, 0.1) is 11.6 Å². The van der Waals surface area contributed by atoms with E-state index in [1.807, 2.05) is 32.9 Å². The van der Waals surface area contributed by atoms with Gasteiger partial charge >= 0.3 is 0 Å². The van der Waals surface area contributed by atoms with Crippen molar-refractivity contribution in [2.45, 2.75) is 26.7 Å². The Bertz CT molecular complexity index is 406. The summed E-state index contributed by atoms with van der Waals surface area (Å²) in [4.78, 5) is 0.457. The van der Waals surface area contributed by atoms with Crippen LogP contribution in [-0.2, 0) is 0 Å². The second-order valence-electron chi connectivity index (χ2n) is 4.11. The molecule has 0 spiro atoms. The molecular formula is C13H19NO2S. The van der Waals surface area contributed by atoms with Gasteiger partial charge in [0, 0.05) is 11.5 Å². The van der Waals surface area contributed by atoms with Gasteiger partial charge in [0.25, 0.3) is 0 Å². The number of benzene rings is 1. The van der Waals surface area contributed by atoms with Crippen LogP contribution < -0.4 is 10.5 Å². The van der Waals surface area contributed by atoms with E-state index in [0.717, 1.165) is 5.56 Å². The zero-order chi connectivity index (χ0) is 13.0. The van der Waals surface area contributed by atoms with E-state index in [-0.39, 0.29) is 17.6 Å². The highest BCUT2D eigenvalue weighted by atomic mass is 32.1. The van der Waals surface area contributed by atoms with Crippen LogP contribution >= 0.6 is 12.2 Å². The van der Waals surface area contributed by atoms with Crippen molar-refractivity contribution in [3.05, 3.63) is 23.8 Å². The third kappa shape index (κ3) is 3.09. The van der Waals surface area contributed by atoms with Crippen molar-refractivity contribution in [2.24, 2.45) is 11.7 Å². The van der Waals surface area contributed by atoms with Crippen molar-refractivity contribution in [1.29, 1.82) is 0 Å². The van der Waals surface area contributed by atoms with E-state index in [4.69, 9.17) is 22.7 Å². The minimum Gasteiger partial charge on any atom is -0.504 e. The lowest BCUT2D eigenvalue weighted by Crippen LogP contribution is -2.23. The molecule has 94 valence electrons. The van der Waals surface area contributed by atoms with Crippen molar-refractivity contribution in [3.8, 4) is 11.5 Å². The van der Waals surface area contributed by atoms with Crippen molar-refractivity contribution >= 4 is 17.2 Å². The number of rotatable bonds is 5. The smallest absolute Gasteiger partial charge is 0.161 e. The number of hydrogen-bond donors (Lipinski definition) is 2. The molecule has 1 rings (SSSR count). The van der Waals surface area contributed by atoms with Crippen LogP contribution in [0, 0.1) is 5.92 Å². The summed E-state index contributed by atoms with van der Waals surface area (Å²) in [5, 5.41) is 10.1. The Balaban J connectivity index is 3.05. The fourth-order valence-corrected chi connectivity index (χ4v) is 1.90. The molecule has 0 aliphatic heterocycles. The molecule has 0 bridgehead atoms. The van der Waals surface area contributed by atoms with Crippen LogP contribution in [0.5, 0.6) is 11.5 Å². The van der Waals surface area contributed by atoms with Crippen molar-refractivity contribution in [2.75, 3.05) is 6.61 Å². The molecule has 0 amide bonds. The average Bonchev–Trinajstić information content (AvgIpc) is 2.30. The third-order valence-electron chi connectivity index (χ3n) is 3.02. The van der Waals surface area contributed by atoms with E-state index in [0.29, 0.717) is 17.3 Å². The monoisotopic (exact) mass is 253 g/mol. The first kappa shape index (κ1) is 13.8. The summed E-state index contributed by atoms with van der Waals surface area (Å²) in [7, 11) is 0. The Morgan fingerprint density at radius 3 is 2.65 bits per heavy atom. The van der Waals surface area contributed by atoms with Crippen LogP contribution in [0.4, 0.5) is 0 Å². The number of hydrogen-bond acceptors (Lipinski definition) is 3. The number of para-hydroxylation sites is 1. The van der Waals surface area contributed by atoms with Crippen LogP contribution in [0.2, 0.25) is 0 Å². The molecule has 2 unspecified atom stereocenters. The molecule has 3 N–H and O–H groups in total. The first-order chi connectivity index (χ1) is 7.99. The van der Waals surface area contributed by atoms with Gasteiger partial charge in [-0.3, -0.25) is 0 Å². The van der Waals surface area contributed by atoms with Gasteiger partial charge in [-0.15, -0.1) is 0 Å². The molecule has 0 saturated heterocycles. The highest BCUT2D eigenvalue weighted by molar-refractivity contribution is 7.80. The predicted molar refractivity (Wildman–Crippen MR) is 73.6 cm³/mol. The third-order valence-corrected chi connectivity index (χ3v) is 3.39. The second kappa shape index (κ2) is 5.87. The SMILES string of the molecule is CCOc1cccc(C(C)C(C)C(N)=S)c1O. The Morgan fingerprint density at radius 2 is 2.12 bits per heavy atom. The first-order valence-corrected chi connectivity index (χ1v) is 6.13. The normalized spacial score (nSPS) is 14.1. The summed E-state index contributed by atoms with van der Waals surface area (Å²) < 4.78 is 5.35. The van der Waals surface area contributed by atoms with Crippen LogP contribution in [-0.4, -0.2) is 16.7 Å². The number of aromatic hydroxyl groups is 1. The molecule has 0 heterocycles. The van der Waals surface area contributed by atoms with E-state index in [1.54, 1.807) is 6.07 Å². The van der Waals surface area contributed by atoms with Crippen molar-refractivity contribution in [3.63, 3.8) is 0 Å². The molecule has 0 aromatic heterocycles. The molecular weight excluding hydrogens is 234 g/mol. The molecule has 0 aliphatic rings. The highest BCUT2D eigenvalue weighted by Gasteiger charge is 2.21. The summed E-state index contributed by atoms with van der Waals surface area (Å²) in [5.74, 6) is 0.789. The molecule has 1 aromatic rings. The minimum absolute atomic E-state index is 0.0350. The maximum Gasteiger partial charge on any atom is 0.161 e. The van der Waals surface area contributed by atoms with Gasteiger partial charge in [0.2, 0.25) is 0 Å². The van der Waals surface area contributed by atoms with Gasteiger partial charge < -0.3 is 15.6 Å². The van der Waals surface area contributed by atoms with Gasteiger partial charge in [0.1, 0.15) is 0 Å². The molecule has 0 aliphatic carbocycles. The summed E-state index contributed by atoms with van der Waals surface area (Å²) in [6.45, 7) is 6.36. The quantitative estimate of drug-likeness (QED) is 0.792. The lowest BCUT2D eigenvalue weighted by molar-refractivity contribution is 0.315. The largest absolute Gasteiger partial charge is 0.504 e. The molecule has 0 saturated carbocycles. The van der Waals surface area contributed by atoms with Crippen molar-refractivity contribution in [1.82, 2.24) is 0 Å². The van der Waals surface area contributed by atoms with Crippen LogP contribution in [0.1, 0.15) is 32.3 Å². The summed E-state index contributed by atoms with van der Waals surface area (Å²) >= 11 is 4.99. The molecule has 4 heteroatoms. The Hall–Kier alpha value is -1.29. The van der Waals surface area contributed by atoms with Gasteiger partial charge in [-0.05, 0) is 18.9 Å². The van der Waals surface area contributed by atoms with Crippen LogP contribution in [0.15, 0.2) is 18.2 Å². The van der Waals surface area contributed by atoms with Gasteiger partial charge in [-0.25, -0.2) is 0 Å². The number of phenols is 1. The minimum atomic E-state index is 0.0350. The molecule has 17 heavy (non-hydrogen) atoms. The standard InChI is InChI=1S/C13H19NO2S/c1-4-16-11-7-5-6-10(12(11)15)8(2)9(3)13(14)17/h5-9,15H,4H2,1-3H3,(H2,14,17). The van der Waals surface area contributed by atoms with Gasteiger partial charge in [-0.2, -0.15) is 0 Å². The summed E-state index contributed by atoms with van der Waals surface area (Å²) in [6.07, 6.45) is 0. The Morgan fingerprint density at radius 1 is 1.47 bits per heavy atom. The number of nitrogens with two attached hydrogens (primary N) is 1. The molecule has 0 radical (unpaired) electrons. The average molecular weight is 253 g/mol. The van der Waals surface area contributed by atoms with E-state index >= 15 is 0 Å². The van der Waals surface area contributed by atoms with E-state index in [1.165, 1.54) is 0 Å². The highest BCUT2D eigenvalue weighted by Crippen LogP contribution is 2.37. The number of ether oxygens (including phenoxy) is 1. The maximum absolute atomic E-state index is 10.1. The van der Waals surface area contributed by atoms with Crippen molar-refractivity contribution < 1.29 is 9.84 Å². The topological polar surface area (TPSA) is 55.5 Å². The van der Waals surface area contributed by atoms with E-state index < -0.39 is 0 Å². The zero-order valence-electron chi connectivity index (χ0n) is 10.4. The van der Waals surface area contributed by atoms with Gasteiger partial charge in [-0.1, -0.05) is 38.2 Å².